The molecule has 0 saturated carbocycles. The van der Waals surface area contributed by atoms with E-state index in [0.29, 0.717) is 17.4 Å². The smallest absolute Gasteiger partial charge is 0.240 e. The van der Waals surface area contributed by atoms with Crippen LogP contribution >= 0.6 is 11.6 Å². The Labute approximate surface area is 175 Å². The van der Waals surface area contributed by atoms with E-state index in [1.165, 1.54) is 17.7 Å². The van der Waals surface area contributed by atoms with Crippen LogP contribution in [0.4, 0.5) is 0 Å². The average molecular weight is 426 g/mol. The number of hydrogen-bond acceptors (Lipinski definition) is 3. The first kappa shape index (κ1) is 19.6. The fourth-order valence-electron chi connectivity index (χ4n) is 3.17. The molecular weight excluding hydrogens is 406 g/mol. The van der Waals surface area contributed by atoms with Crippen molar-refractivity contribution in [3.8, 4) is 0 Å². The number of benzene rings is 3. The molecule has 1 heterocycles. The molecule has 0 aliphatic carbocycles. The van der Waals surface area contributed by atoms with Gasteiger partial charge in [-0.25, -0.2) is 18.1 Å². The molecule has 0 radical (unpaired) electrons. The van der Waals surface area contributed by atoms with E-state index in [1.807, 2.05) is 35.8 Å². The molecule has 0 bridgehead atoms. The Morgan fingerprint density at radius 1 is 0.966 bits per heavy atom. The normalized spacial score (nSPS) is 11.8. The molecule has 3 aromatic carbocycles. The molecule has 148 valence electrons. The molecular formula is C22H20ClN3O2S. The van der Waals surface area contributed by atoms with Crippen molar-refractivity contribution in [3.63, 3.8) is 0 Å². The zero-order valence-electron chi connectivity index (χ0n) is 15.8. The number of hydrogen-bond donors (Lipinski definition) is 1. The van der Waals surface area contributed by atoms with E-state index in [1.54, 1.807) is 12.1 Å². The van der Waals surface area contributed by atoms with Crippen LogP contribution in [0.15, 0.2) is 77.7 Å². The standard InChI is InChI=1S/C22H20ClN3O2S/c1-16-6-8-17(9-7-16)15-26-21-5-3-2-4-20(21)25-22(26)14-24-29(27,28)19-12-10-18(23)11-13-19/h2-13,24H,14-15H2,1H3. The number of aryl methyl sites for hydroxylation is 1. The maximum absolute atomic E-state index is 12.6. The second-order valence-electron chi connectivity index (χ2n) is 6.87. The third-order valence-electron chi connectivity index (χ3n) is 4.74. The minimum Gasteiger partial charge on any atom is -0.322 e. The number of imidazole rings is 1. The number of fused-ring (bicyclic) bond motifs is 1. The predicted molar refractivity (Wildman–Crippen MR) is 115 cm³/mol. The van der Waals surface area contributed by atoms with Crippen molar-refractivity contribution in [1.82, 2.24) is 14.3 Å². The third-order valence-corrected chi connectivity index (χ3v) is 6.41. The summed E-state index contributed by atoms with van der Waals surface area (Å²) in [6.07, 6.45) is 0. The molecule has 0 aliphatic heterocycles. The van der Waals surface area contributed by atoms with Gasteiger partial charge >= 0.3 is 0 Å². The zero-order chi connectivity index (χ0) is 20.4. The van der Waals surface area contributed by atoms with Gasteiger partial charge in [-0.05, 0) is 48.9 Å². The summed E-state index contributed by atoms with van der Waals surface area (Å²) >= 11 is 5.86. The Hall–Kier alpha value is -2.67. The van der Waals surface area contributed by atoms with Gasteiger partial charge in [-0.15, -0.1) is 0 Å². The minimum atomic E-state index is -3.67. The summed E-state index contributed by atoms with van der Waals surface area (Å²) in [5.74, 6) is 0.657. The third kappa shape index (κ3) is 4.34. The van der Waals surface area contributed by atoms with Crippen LogP contribution < -0.4 is 4.72 Å². The van der Waals surface area contributed by atoms with Crippen LogP contribution in [-0.4, -0.2) is 18.0 Å². The van der Waals surface area contributed by atoms with Gasteiger partial charge in [0.1, 0.15) is 5.82 Å². The SMILES string of the molecule is Cc1ccc(Cn2c(CNS(=O)(=O)c3ccc(Cl)cc3)nc3ccccc32)cc1. The molecule has 0 saturated heterocycles. The number of nitrogens with one attached hydrogen (secondary N) is 1. The average Bonchev–Trinajstić information content (AvgIpc) is 3.06. The zero-order valence-corrected chi connectivity index (χ0v) is 17.4. The number of para-hydroxylation sites is 2. The summed E-state index contributed by atoms with van der Waals surface area (Å²) in [6.45, 7) is 2.75. The fraction of sp³-hybridized carbons (Fsp3) is 0.136. The Morgan fingerprint density at radius 3 is 2.38 bits per heavy atom. The second kappa shape index (κ2) is 7.99. The summed E-state index contributed by atoms with van der Waals surface area (Å²) in [5.41, 5.74) is 4.12. The lowest BCUT2D eigenvalue weighted by Crippen LogP contribution is -2.25. The molecule has 4 rings (SSSR count). The van der Waals surface area contributed by atoms with E-state index in [9.17, 15) is 8.42 Å². The van der Waals surface area contributed by atoms with E-state index in [2.05, 4.69) is 34.0 Å². The van der Waals surface area contributed by atoms with Crippen molar-refractivity contribution >= 4 is 32.7 Å². The Bertz CT molecular complexity index is 1250. The maximum Gasteiger partial charge on any atom is 0.240 e. The number of aromatic nitrogens is 2. The molecule has 1 N–H and O–H groups in total. The van der Waals surface area contributed by atoms with E-state index >= 15 is 0 Å². The van der Waals surface area contributed by atoms with E-state index in [0.717, 1.165) is 16.6 Å². The van der Waals surface area contributed by atoms with Crippen molar-refractivity contribution in [3.05, 3.63) is 94.8 Å². The van der Waals surface area contributed by atoms with Crippen LogP contribution in [0.5, 0.6) is 0 Å². The Balaban J connectivity index is 1.64. The molecule has 7 heteroatoms. The molecule has 0 aliphatic rings. The number of halogens is 1. The lowest BCUT2D eigenvalue weighted by Gasteiger charge is -2.11. The Morgan fingerprint density at radius 2 is 1.66 bits per heavy atom. The van der Waals surface area contributed by atoms with Gasteiger partial charge in [0.2, 0.25) is 10.0 Å². The van der Waals surface area contributed by atoms with Crippen LogP contribution in [-0.2, 0) is 23.1 Å². The highest BCUT2D eigenvalue weighted by molar-refractivity contribution is 7.89. The monoisotopic (exact) mass is 425 g/mol. The topological polar surface area (TPSA) is 64.0 Å². The summed E-state index contributed by atoms with van der Waals surface area (Å²) in [7, 11) is -3.67. The molecule has 0 unspecified atom stereocenters. The van der Waals surface area contributed by atoms with Gasteiger partial charge in [-0.3, -0.25) is 0 Å². The van der Waals surface area contributed by atoms with Gasteiger partial charge < -0.3 is 4.57 Å². The van der Waals surface area contributed by atoms with Crippen LogP contribution in [0.3, 0.4) is 0 Å². The molecule has 0 atom stereocenters. The summed E-state index contributed by atoms with van der Waals surface area (Å²) < 4.78 is 30.0. The minimum absolute atomic E-state index is 0.0888. The molecule has 5 nitrogen and oxygen atoms in total. The molecule has 0 fully saturated rings. The van der Waals surface area contributed by atoms with Crippen LogP contribution in [0, 0.1) is 6.92 Å². The van der Waals surface area contributed by atoms with E-state index < -0.39 is 10.0 Å². The van der Waals surface area contributed by atoms with Gasteiger partial charge in [0.15, 0.2) is 0 Å². The summed E-state index contributed by atoms with van der Waals surface area (Å²) in [4.78, 5) is 4.82. The van der Waals surface area contributed by atoms with E-state index in [4.69, 9.17) is 11.6 Å². The quantitative estimate of drug-likeness (QED) is 0.493. The summed E-state index contributed by atoms with van der Waals surface area (Å²) in [5, 5.41) is 0.490. The van der Waals surface area contributed by atoms with E-state index in [-0.39, 0.29) is 11.4 Å². The lowest BCUT2D eigenvalue weighted by molar-refractivity contribution is 0.577. The van der Waals surface area contributed by atoms with Crippen LogP contribution in [0.1, 0.15) is 17.0 Å². The van der Waals surface area contributed by atoms with Gasteiger partial charge in [0, 0.05) is 11.6 Å². The van der Waals surface area contributed by atoms with Crippen molar-refractivity contribution in [2.75, 3.05) is 0 Å². The molecule has 4 aromatic rings. The highest BCUT2D eigenvalue weighted by Crippen LogP contribution is 2.19. The first-order chi connectivity index (χ1) is 13.9. The second-order valence-corrected chi connectivity index (χ2v) is 9.07. The molecule has 0 amide bonds. The highest BCUT2D eigenvalue weighted by atomic mass is 35.5. The van der Waals surface area contributed by atoms with Crippen molar-refractivity contribution < 1.29 is 8.42 Å². The number of sulfonamides is 1. The van der Waals surface area contributed by atoms with Crippen molar-refractivity contribution in [2.45, 2.75) is 24.9 Å². The highest BCUT2D eigenvalue weighted by Gasteiger charge is 2.17. The first-order valence-electron chi connectivity index (χ1n) is 9.17. The van der Waals surface area contributed by atoms with Gasteiger partial charge in [-0.2, -0.15) is 0 Å². The predicted octanol–water partition coefficient (Wildman–Crippen LogP) is 4.52. The van der Waals surface area contributed by atoms with Crippen LogP contribution in [0.25, 0.3) is 11.0 Å². The molecule has 1 aromatic heterocycles. The fourth-order valence-corrected chi connectivity index (χ4v) is 4.28. The van der Waals surface area contributed by atoms with Crippen molar-refractivity contribution in [1.29, 1.82) is 0 Å². The number of nitrogens with zero attached hydrogens (tertiary/aromatic N) is 2. The summed E-state index contributed by atoms with van der Waals surface area (Å²) in [6, 6.07) is 22.2. The molecule has 29 heavy (non-hydrogen) atoms. The van der Waals surface area contributed by atoms with Gasteiger partial charge in [-0.1, -0.05) is 53.6 Å². The van der Waals surface area contributed by atoms with Crippen LogP contribution in [0.2, 0.25) is 5.02 Å². The maximum atomic E-state index is 12.6. The first-order valence-corrected chi connectivity index (χ1v) is 11.0. The van der Waals surface area contributed by atoms with Gasteiger partial charge in [0.25, 0.3) is 0 Å². The van der Waals surface area contributed by atoms with Crippen molar-refractivity contribution in [2.24, 2.45) is 0 Å². The lowest BCUT2D eigenvalue weighted by atomic mass is 10.1. The Kier molecular flexibility index (Phi) is 5.41. The largest absolute Gasteiger partial charge is 0.322 e. The number of rotatable bonds is 6. The van der Waals surface area contributed by atoms with Gasteiger partial charge in [0.05, 0.1) is 22.5 Å². The molecule has 0 spiro atoms.